The van der Waals surface area contributed by atoms with Crippen molar-refractivity contribution in [3.8, 4) is 0 Å². The second-order valence-corrected chi connectivity index (χ2v) is 8.88. The van der Waals surface area contributed by atoms with Gasteiger partial charge in [-0.2, -0.15) is 0 Å². The van der Waals surface area contributed by atoms with Crippen LogP contribution in [-0.4, -0.2) is 44.0 Å². The molecule has 5 rings (SSSR count). The van der Waals surface area contributed by atoms with Gasteiger partial charge in [-0.05, 0) is 48.4 Å². The number of benzene rings is 2. The van der Waals surface area contributed by atoms with Gasteiger partial charge in [0, 0.05) is 35.9 Å². The number of carbonyl (C=O) groups excluding carboxylic acids is 1. The van der Waals surface area contributed by atoms with E-state index in [9.17, 15) is 4.79 Å². The van der Waals surface area contributed by atoms with Crippen LogP contribution in [0.15, 0.2) is 110 Å². The van der Waals surface area contributed by atoms with Crippen molar-refractivity contribution >= 4 is 28.5 Å². The molecule has 4 N–H and O–H groups in total. The molecule has 0 fully saturated rings. The first-order valence-electron chi connectivity index (χ1n) is 12.6. The fraction of sp³-hybridized carbons (Fsp3) is 0.129. The first-order chi connectivity index (χ1) is 19.0. The predicted molar refractivity (Wildman–Crippen MR) is 155 cm³/mol. The number of nitrogens with zero attached hydrogens (tertiary/aromatic N) is 3. The first kappa shape index (κ1) is 26.9. The van der Waals surface area contributed by atoms with Gasteiger partial charge in [-0.3, -0.25) is 25.6 Å². The van der Waals surface area contributed by atoms with Crippen LogP contribution in [0.2, 0.25) is 0 Å². The number of hydrogen-bond acceptors (Lipinski definition) is 5. The van der Waals surface area contributed by atoms with E-state index in [2.05, 4.69) is 45.4 Å². The molecule has 1 amide bonds. The number of aryl methyl sites for hydroxylation is 1. The zero-order valence-corrected chi connectivity index (χ0v) is 21.8. The van der Waals surface area contributed by atoms with E-state index in [1.165, 1.54) is 16.5 Å². The maximum absolute atomic E-state index is 12.2. The van der Waals surface area contributed by atoms with Crippen LogP contribution in [-0.2, 0) is 13.0 Å². The normalized spacial score (nSPS) is 10.3. The highest BCUT2D eigenvalue weighted by atomic mass is 16.1. The average Bonchev–Trinajstić information content (AvgIpc) is 3.37. The van der Waals surface area contributed by atoms with Crippen LogP contribution in [0, 0.1) is 17.7 Å². The summed E-state index contributed by atoms with van der Waals surface area (Å²) in [7, 11) is 0. The van der Waals surface area contributed by atoms with E-state index in [4.69, 9.17) is 10.8 Å². The molecular weight excluding hydrogens is 486 g/mol. The number of aromatic nitrogens is 3. The molecule has 0 radical (unpaired) electrons. The van der Waals surface area contributed by atoms with Gasteiger partial charge in [0.05, 0.1) is 18.8 Å². The largest absolute Gasteiger partial charge is 0.361 e. The molecule has 0 atom stereocenters. The summed E-state index contributed by atoms with van der Waals surface area (Å²) < 4.78 is 0. The second kappa shape index (κ2) is 13.4. The summed E-state index contributed by atoms with van der Waals surface area (Å²) in [6.45, 7) is 2.38. The molecule has 0 bridgehead atoms. The topological polar surface area (TPSA) is 122 Å². The van der Waals surface area contributed by atoms with Crippen LogP contribution in [0.3, 0.4) is 0 Å². The maximum atomic E-state index is 12.2. The molecule has 8 nitrogen and oxygen atoms in total. The number of aromatic amines is 1. The Morgan fingerprint density at radius 1 is 0.846 bits per heavy atom. The van der Waals surface area contributed by atoms with Crippen molar-refractivity contribution in [2.24, 2.45) is 0 Å². The molecule has 0 saturated carbocycles. The third kappa shape index (κ3) is 7.69. The van der Waals surface area contributed by atoms with E-state index in [-0.39, 0.29) is 36.4 Å². The van der Waals surface area contributed by atoms with E-state index in [0.29, 0.717) is 6.42 Å². The Hall–Kier alpha value is -5.11. The summed E-state index contributed by atoms with van der Waals surface area (Å²) >= 11 is 0. The molecule has 0 aliphatic rings. The third-order valence-electron chi connectivity index (χ3n) is 6.02. The lowest BCUT2D eigenvalue weighted by Crippen LogP contribution is -2.43. The van der Waals surface area contributed by atoms with E-state index >= 15 is 0 Å². The summed E-state index contributed by atoms with van der Waals surface area (Å²) in [6, 6.07) is 28.6. The lowest BCUT2D eigenvalue weighted by molar-refractivity contribution is 0.0953. The monoisotopic (exact) mass is 517 g/mol. The van der Waals surface area contributed by atoms with Gasteiger partial charge in [-0.15, -0.1) is 0 Å². The summed E-state index contributed by atoms with van der Waals surface area (Å²) in [5.74, 6) is 0.0162. The van der Waals surface area contributed by atoms with Crippen molar-refractivity contribution < 1.29 is 4.79 Å². The molecule has 5 aromatic rings. The molecule has 0 aliphatic carbocycles. The molecule has 2 aromatic carbocycles. The Morgan fingerprint density at radius 2 is 1.54 bits per heavy atom. The number of H-pyrrole nitrogens is 1. The van der Waals surface area contributed by atoms with E-state index in [1.54, 1.807) is 35.5 Å². The number of amides is 1. The Balaban J connectivity index is 0.000000292. The number of hydrogen-bond donors (Lipinski definition) is 4. The molecular formula is C31H31N7O. The van der Waals surface area contributed by atoms with Crippen molar-refractivity contribution in [3.63, 3.8) is 0 Å². The van der Waals surface area contributed by atoms with Gasteiger partial charge in [-0.1, -0.05) is 60.7 Å². The quantitative estimate of drug-likeness (QED) is 0.171. The van der Waals surface area contributed by atoms with E-state index in [1.807, 2.05) is 60.8 Å². The lowest BCUT2D eigenvalue weighted by Gasteiger charge is -2.26. The molecule has 3 aromatic heterocycles. The van der Waals surface area contributed by atoms with Gasteiger partial charge in [0.1, 0.15) is 17.4 Å². The van der Waals surface area contributed by atoms with Crippen molar-refractivity contribution in [2.75, 3.05) is 6.54 Å². The minimum absolute atomic E-state index is 0.0145. The molecule has 3 heterocycles. The number of amidine groups is 2. The van der Waals surface area contributed by atoms with Crippen LogP contribution in [0.4, 0.5) is 0 Å². The standard InChI is InChI=1S/C22H22N6O.C9H9N/c23-20(14-17-8-2-1-3-9-17)28(16-18-10-4-6-12-25-18)21(24)15-27-22(29)19-11-5-7-13-26-19;1-7-6-10-9-5-3-2-4-8(7)9/h1-13,23-24H,14-16H2,(H,27,29);2-6,10H,1H3. The molecule has 39 heavy (non-hydrogen) atoms. The highest BCUT2D eigenvalue weighted by Crippen LogP contribution is 2.15. The van der Waals surface area contributed by atoms with Gasteiger partial charge in [-0.25, -0.2) is 0 Å². The van der Waals surface area contributed by atoms with Crippen molar-refractivity contribution in [1.29, 1.82) is 10.8 Å². The summed E-state index contributed by atoms with van der Waals surface area (Å²) in [6.07, 6.45) is 5.64. The maximum Gasteiger partial charge on any atom is 0.270 e. The van der Waals surface area contributed by atoms with Crippen LogP contribution in [0.5, 0.6) is 0 Å². The smallest absolute Gasteiger partial charge is 0.270 e. The number of fused-ring (bicyclic) bond motifs is 1. The molecule has 196 valence electrons. The van der Waals surface area contributed by atoms with Crippen molar-refractivity contribution in [3.05, 3.63) is 132 Å². The second-order valence-electron chi connectivity index (χ2n) is 8.88. The zero-order chi connectivity index (χ0) is 27.5. The van der Waals surface area contributed by atoms with Crippen molar-refractivity contribution in [1.82, 2.24) is 25.2 Å². The number of carbonyl (C=O) groups is 1. The Morgan fingerprint density at radius 3 is 2.23 bits per heavy atom. The number of rotatable bonds is 7. The summed E-state index contributed by atoms with van der Waals surface area (Å²) in [4.78, 5) is 25.3. The minimum atomic E-state index is -0.359. The summed E-state index contributed by atoms with van der Waals surface area (Å²) in [5.41, 5.74) is 4.55. The molecule has 0 aliphatic heterocycles. The molecule has 8 heteroatoms. The van der Waals surface area contributed by atoms with E-state index in [0.717, 1.165) is 11.3 Å². The number of pyridine rings is 2. The van der Waals surface area contributed by atoms with Crippen LogP contribution in [0.25, 0.3) is 10.9 Å². The van der Waals surface area contributed by atoms with Gasteiger partial charge in [0.25, 0.3) is 5.91 Å². The van der Waals surface area contributed by atoms with Crippen molar-refractivity contribution in [2.45, 2.75) is 19.9 Å². The SMILES string of the molecule is Cc1c[nH]c2ccccc12.N=C(CNC(=O)c1ccccn1)N(Cc1ccccn1)C(=N)Cc1ccccc1. The lowest BCUT2D eigenvalue weighted by atomic mass is 10.1. The molecule has 0 saturated heterocycles. The number of para-hydroxylation sites is 1. The highest BCUT2D eigenvalue weighted by Gasteiger charge is 2.18. The fourth-order valence-corrected chi connectivity index (χ4v) is 3.96. The third-order valence-corrected chi connectivity index (χ3v) is 6.02. The Kier molecular flexibility index (Phi) is 9.28. The van der Waals surface area contributed by atoms with E-state index < -0.39 is 0 Å². The first-order valence-corrected chi connectivity index (χ1v) is 12.6. The predicted octanol–water partition coefficient (Wildman–Crippen LogP) is 5.38. The van der Waals surface area contributed by atoms with Crippen LogP contribution >= 0.6 is 0 Å². The highest BCUT2D eigenvalue weighted by molar-refractivity contribution is 6.02. The number of nitrogens with one attached hydrogen (secondary N) is 4. The average molecular weight is 518 g/mol. The van der Waals surface area contributed by atoms with Gasteiger partial charge in [0.15, 0.2) is 0 Å². The minimum Gasteiger partial charge on any atom is -0.361 e. The van der Waals surface area contributed by atoms with Gasteiger partial charge in [0.2, 0.25) is 0 Å². The Labute approximate surface area is 227 Å². The molecule has 0 unspecified atom stereocenters. The van der Waals surface area contributed by atoms with Gasteiger partial charge >= 0.3 is 0 Å². The zero-order valence-electron chi connectivity index (χ0n) is 21.8. The van der Waals surface area contributed by atoms with Crippen LogP contribution < -0.4 is 5.32 Å². The Bertz CT molecular complexity index is 1520. The summed E-state index contributed by atoms with van der Waals surface area (Å²) in [5, 5.41) is 21.0. The van der Waals surface area contributed by atoms with Gasteiger partial charge < -0.3 is 15.2 Å². The van der Waals surface area contributed by atoms with Crippen LogP contribution in [0.1, 0.15) is 27.3 Å². The molecule has 0 spiro atoms. The fourth-order valence-electron chi connectivity index (χ4n) is 3.96.